The van der Waals surface area contributed by atoms with Crippen molar-refractivity contribution in [1.29, 1.82) is 0 Å². The van der Waals surface area contributed by atoms with Crippen LogP contribution in [0, 0.1) is 121 Å². The number of aliphatic hydroxyl groups is 4. The van der Waals surface area contributed by atoms with Crippen molar-refractivity contribution in [3.63, 3.8) is 0 Å². The molecule has 0 aromatic heterocycles. The number of halogens is 8. The first kappa shape index (κ1) is 87.4. The number of alkyl halides is 1. The molecular weight excluding hydrogens is 2260 g/mol. The Morgan fingerprint density at radius 2 is 0.806 bits per heavy atom. The van der Waals surface area contributed by atoms with Crippen LogP contribution in [0.3, 0.4) is 0 Å². The second-order valence-corrected chi connectivity index (χ2v) is 65.2. The van der Waals surface area contributed by atoms with Crippen LogP contribution in [0.15, 0.2) is 0 Å². The number of carbonyl (C=O) groups excluding carboxylic acids is 3. The van der Waals surface area contributed by atoms with E-state index in [-0.39, 0.29) is 189 Å². The molecule has 4 N–H and O–H groups in total. The summed E-state index contributed by atoms with van der Waals surface area (Å²) in [5, 5.41) is 42.1. The van der Waals surface area contributed by atoms with Crippen LogP contribution in [0.25, 0.3) is 0 Å². The number of hydrogen-bond acceptors (Lipinski definition) is 15. The van der Waals surface area contributed by atoms with Gasteiger partial charge in [0.25, 0.3) is 10.1 Å². The van der Waals surface area contributed by atoms with Crippen molar-refractivity contribution in [3.05, 3.63) is 0 Å². The first-order chi connectivity index (χ1) is 40.7. The van der Waals surface area contributed by atoms with Gasteiger partial charge < -0.3 is 34.6 Å². The first-order valence-electron chi connectivity index (χ1n) is 32.1. The second-order valence-electron chi connectivity index (χ2n) is 32.3. The maximum atomic E-state index is 13.0. The van der Waals surface area contributed by atoms with Crippen LogP contribution in [-0.2, 0) is 106 Å². The molecule has 18 rings (SSSR count). The zero-order valence-corrected chi connectivity index (χ0v) is 80.9. The van der Waals surface area contributed by atoms with E-state index in [1.54, 1.807) is 0 Å². The maximum absolute atomic E-state index is 13.0. The molecule has 0 bridgehead atoms. The number of epoxide rings is 3. The van der Waals surface area contributed by atoms with E-state index in [2.05, 4.69) is 132 Å². The van der Waals surface area contributed by atoms with E-state index in [4.69, 9.17) is 18.4 Å². The standard InChI is InChI=1S/C21H30O6S.C20H27BrO3.C20H28O4.CH3I2O2S.I3.I2.3H3P.3V/c1-19-6-5-13-14(15(19)11-8-12(11)17(19)23)16(27-28(3,24)25)18-21(26-18)9-10(22)4-7-20(13,21)2;1-18-5-4-12-13(14(18)10-7-11(10)16(18)23)15(21)17-20(24-17)8-9(22)3-6-19(12,20)2;1-18-5-4-12-13(14(18)10-7-11(10)16(18)23)15(22)17-20(24-17)8-9(21)3-6-19(12,20)2;1-6(4,5)3-2;1-3-2;1-2;;;;;;/h10-16,18,22H,4-9H2,1-3H3;9-15,17,22H,3-8H2,1-2H3;9-15,17,21-22H,3-8H2,1-2H3;1H3;;;3*1H3;;;/q;;;2*-1;;;;;;;/t10-,11+,12-,13?,14?,15?,16+,18+,19-,20+,21+;9-,10+,11-,12?,13?,14?,15-,17+,18-,19+,20+;9-,10+,11-,12?,13?,14?,15+,17+,18-,19+,20+;;;;;;;;;/m000........./s1. The van der Waals surface area contributed by atoms with Crippen molar-refractivity contribution in [3.8, 4) is 0 Å². The molecule has 12 unspecified atom stereocenters. The predicted octanol–water partition coefficient (Wildman–Crippen LogP) is 5.24. The summed E-state index contributed by atoms with van der Waals surface area (Å²) in [7, 11) is -6.21. The Kier molecular flexibility index (Phi) is 28.3. The molecule has 3 aliphatic heterocycles. The monoisotopic (exact) mass is 2360 g/mol. The van der Waals surface area contributed by atoms with Crippen LogP contribution in [0.1, 0.15) is 157 Å². The van der Waals surface area contributed by atoms with Crippen molar-refractivity contribution in [2.45, 2.75) is 228 Å². The van der Waals surface area contributed by atoms with Gasteiger partial charge in [0.15, 0.2) is 0 Å². The van der Waals surface area contributed by atoms with Crippen LogP contribution in [0.2, 0.25) is 0 Å². The minimum absolute atomic E-state index is 0. The van der Waals surface area contributed by atoms with Gasteiger partial charge in [0.2, 0.25) is 0 Å². The Morgan fingerprint density at radius 1 is 0.505 bits per heavy atom. The van der Waals surface area contributed by atoms with Crippen molar-refractivity contribution >= 4 is 173 Å². The van der Waals surface area contributed by atoms with Gasteiger partial charge in [-0.2, -0.15) is 38.1 Å². The van der Waals surface area contributed by atoms with Crippen molar-refractivity contribution in [2.24, 2.45) is 121 Å². The number of fused-ring (bicyclic) bond motifs is 18. The zero-order chi connectivity index (χ0) is 63.1. The van der Waals surface area contributed by atoms with Crippen LogP contribution in [0.5, 0.6) is 0 Å². The van der Waals surface area contributed by atoms with Crippen molar-refractivity contribution < 1.29 is 155 Å². The van der Waals surface area contributed by atoms with Gasteiger partial charge >= 0.3 is 107 Å². The SMILES string of the molecule is CS(=O)(=O)[I-]I.C[C@]12CCC3C(C1[C@@H]1C[C@@H]1C2=O)[C@@H](O)[C@H]1O[C@]12C[C@@H](O)CC[C@]32C.C[C@]12CCC3C(C1[C@@H]1C[C@@H]1C2=O)[C@@H](OS(C)(=O)=O)[C@H]1O[C@]12C[C@@H](O)CC[C@]32C.C[C@]12CCC3C(C1[C@@H]1C[C@@H]1C2=O)[C@H](Br)[C@H]1O[C@]12C[C@@H](O)CC[C@]32C.II.I[I-]I.P.P.P.[V].[V].[V]. The summed E-state index contributed by atoms with van der Waals surface area (Å²) >= 11 is 14.9. The topological polar surface area (TPSA) is 247 Å². The number of aliphatic hydroxyl groups excluding tert-OH is 4. The molecule has 15 nitrogen and oxygen atoms in total. The summed E-state index contributed by atoms with van der Waals surface area (Å²) in [6.07, 6.45) is 17.1. The quantitative estimate of drug-likeness (QED) is 0.0705. The van der Waals surface area contributed by atoms with E-state index in [1.165, 1.54) is 6.26 Å². The fourth-order valence-electron chi connectivity index (χ4n) is 25.1. The van der Waals surface area contributed by atoms with Gasteiger partial charge in [0.05, 0.1) is 30.7 Å². The number of ether oxygens (including phenoxy) is 3. The second kappa shape index (κ2) is 30.1. The maximum Gasteiger partial charge on any atom is 0 e. The number of ketones is 3. The Morgan fingerprint density at radius 3 is 1.17 bits per heavy atom. The minimum Gasteiger partial charge on any atom is -0.153 e. The first-order valence-corrected chi connectivity index (χ1v) is 64.4. The molecule has 31 heteroatoms. The Balaban J connectivity index is 0.000000178. The molecule has 3 heterocycles. The Labute approximate surface area is 678 Å². The molecule has 0 aromatic carbocycles. The molecule has 36 atom stereocenters. The average Bonchev–Trinajstić information content (AvgIpc) is 1.50. The van der Waals surface area contributed by atoms with Crippen molar-refractivity contribution in [2.75, 3.05) is 12.5 Å². The van der Waals surface area contributed by atoms with Gasteiger partial charge in [0.1, 0.15) is 58.6 Å². The van der Waals surface area contributed by atoms with Gasteiger partial charge in [-0.15, -0.1) is 0 Å². The summed E-state index contributed by atoms with van der Waals surface area (Å²) in [6, 6.07) is 0. The van der Waals surface area contributed by atoms with Gasteiger partial charge in [-0.3, -0.25) is 18.6 Å². The molecular formula is C62H97BrI7O15P3S2V3-2. The molecule has 93 heavy (non-hydrogen) atoms. The van der Waals surface area contributed by atoms with Gasteiger partial charge in [-0.05, 0) is 167 Å². The van der Waals surface area contributed by atoms with Crippen LogP contribution >= 0.6 is 139 Å². The van der Waals surface area contributed by atoms with E-state index in [1.807, 2.05) is 18.6 Å². The summed E-state index contributed by atoms with van der Waals surface area (Å²) in [5.41, 5.74) is -1.33. The van der Waals surface area contributed by atoms with E-state index in [0.717, 1.165) is 109 Å². The molecule has 3 radical (unpaired) electrons. The van der Waals surface area contributed by atoms with E-state index in [0.29, 0.717) is 107 Å². The number of Topliss-reactive ketones (excluding diaryl/α,β-unsaturated/α-hetero) is 3. The summed E-state index contributed by atoms with van der Waals surface area (Å²) in [5.74, 6) is 7.16. The van der Waals surface area contributed by atoms with Crippen LogP contribution < -0.4 is 29.1 Å². The van der Waals surface area contributed by atoms with Gasteiger partial charge in [-0.1, -0.05) is 57.5 Å². The van der Waals surface area contributed by atoms with Gasteiger partial charge in [-0.25, -0.2) is 0 Å². The van der Waals surface area contributed by atoms with Gasteiger partial charge in [0, 0.05) is 167 Å². The normalized spacial score (nSPS) is 55.3. The predicted molar refractivity (Wildman–Crippen MR) is 397 cm³/mol. The molecule has 535 valence electrons. The van der Waals surface area contributed by atoms with Crippen molar-refractivity contribution in [1.82, 2.24) is 0 Å². The molecule has 0 aromatic rings. The molecule has 15 saturated carbocycles. The zero-order valence-electron chi connectivity index (χ0n) is 54.2. The Bertz CT molecular complexity index is 3000. The Hall–Kier alpha value is 7.22. The molecule has 18 aliphatic rings. The molecule has 3 saturated heterocycles. The summed E-state index contributed by atoms with van der Waals surface area (Å²) in [4.78, 5) is 39.1. The third-order valence-corrected chi connectivity index (χ3v) is 44.8. The molecule has 18 fully saturated rings. The van der Waals surface area contributed by atoms with E-state index >= 15 is 0 Å². The summed E-state index contributed by atoms with van der Waals surface area (Å²) < 4.78 is 69.1. The summed E-state index contributed by atoms with van der Waals surface area (Å²) in [6.45, 7) is 13.6. The minimum atomic E-state index is -3.65. The average molecular weight is 2360 g/mol. The smallest absolute Gasteiger partial charge is 0 e. The largest absolute Gasteiger partial charge is 0.153 e. The van der Waals surface area contributed by atoms with Crippen LogP contribution in [-0.4, -0.2) is 138 Å². The number of rotatable bonds is 3. The van der Waals surface area contributed by atoms with E-state index in [9.17, 15) is 51.6 Å². The number of carbonyl (C=O) groups is 3. The molecule has 0 amide bonds. The molecule has 15 aliphatic carbocycles. The number of hydrogen-bond donors (Lipinski definition) is 4. The third kappa shape index (κ3) is 13.4. The fraction of sp³-hybridized carbons (Fsp3) is 0.952. The molecule has 3 spiro atoms. The third-order valence-electron chi connectivity index (χ3n) is 29.0. The fourth-order valence-corrected chi connectivity index (χ4v) is 27.0. The van der Waals surface area contributed by atoms with Crippen LogP contribution in [0.4, 0.5) is 0 Å². The van der Waals surface area contributed by atoms with E-state index < -0.39 is 56.9 Å².